The summed E-state index contributed by atoms with van der Waals surface area (Å²) in [7, 11) is 3.84. The van der Waals surface area contributed by atoms with Crippen LogP contribution in [0.4, 0.5) is 0 Å². The number of ether oxygens (including phenoxy) is 2. The molecule has 2 aliphatic carbocycles. The predicted octanol–water partition coefficient (Wildman–Crippen LogP) is 2.46. The van der Waals surface area contributed by atoms with Gasteiger partial charge in [-0.1, -0.05) is 6.42 Å². The molecule has 2 fully saturated rings. The predicted molar refractivity (Wildman–Crippen MR) is 73.7 cm³/mol. The molecular formula is C15H29NO2. The van der Waals surface area contributed by atoms with E-state index in [9.17, 15) is 0 Å². The van der Waals surface area contributed by atoms with Gasteiger partial charge in [-0.15, -0.1) is 0 Å². The van der Waals surface area contributed by atoms with Crippen molar-refractivity contribution in [3.8, 4) is 0 Å². The van der Waals surface area contributed by atoms with Gasteiger partial charge >= 0.3 is 0 Å². The number of rotatable bonds is 9. The van der Waals surface area contributed by atoms with Crippen LogP contribution in [0.3, 0.4) is 0 Å². The standard InChI is InChI=1S/C15H29NO2/c1-16-12-15(6-9-18-8-3-7-17-2)11-13-4-5-14(15)10-13/h13-14,16H,3-12H2,1-2H3. The highest BCUT2D eigenvalue weighted by Crippen LogP contribution is 2.57. The lowest BCUT2D eigenvalue weighted by Gasteiger charge is -2.38. The molecule has 0 aromatic heterocycles. The summed E-state index contributed by atoms with van der Waals surface area (Å²) in [5.41, 5.74) is 0.541. The van der Waals surface area contributed by atoms with Crippen molar-refractivity contribution in [2.45, 2.75) is 38.5 Å². The van der Waals surface area contributed by atoms with Crippen LogP contribution < -0.4 is 5.32 Å². The number of fused-ring (bicyclic) bond motifs is 2. The largest absolute Gasteiger partial charge is 0.385 e. The second-order valence-corrected chi connectivity index (χ2v) is 6.18. The zero-order chi connectivity index (χ0) is 12.8. The molecule has 3 heteroatoms. The lowest BCUT2D eigenvalue weighted by atomic mass is 9.71. The molecule has 0 saturated heterocycles. The minimum Gasteiger partial charge on any atom is -0.385 e. The summed E-state index contributed by atoms with van der Waals surface area (Å²) in [6, 6.07) is 0. The van der Waals surface area contributed by atoms with E-state index in [2.05, 4.69) is 12.4 Å². The molecule has 0 heterocycles. The van der Waals surface area contributed by atoms with Crippen LogP contribution in [0.5, 0.6) is 0 Å². The second-order valence-electron chi connectivity index (χ2n) is 6.18. The maximum atomic E-state index is 5.77. The SMILES string of the molecule is CNCC1(CCOCCCOC)CC2CCC1C2. The van der Waals surface area contributed by atoms with Crippen molar-refractivity contribution in [1.29, 1.82) is 0 Å². The number of hydrogen-bond acceptors (Lipinski definition) is 3. The molecule has 0 aliphatic heterocycles. The topological polar surface area (TPSA) is 30.5 Å². The summed E-state index contributed by atoms with van der Waals surface area (Å²) in [6.07, 6.45) is 8.09. The molecule has 2 saturated carbocycles. The minimum atomic E-state index is 0.541. The van der Waals surface area contributed by atoms with E-state index in [0.717, 1.165) is 38.1 Å². The van der Waals surface area contributed by atoms with E-state index in [1.54, 1.807) is 7.11 Å². The van der Waals surface area contributed by atoms with E-state index in [1.807, 2.05) is 0 Å². The average Bonchev–Trinajstić information content (AvgIpc) is 2.95. The van der Waals surface area contributed by atoms with E-state index in [-0.39, 0.29) is 0 Å². The molecule has 0 aromatic rings. The Bertz CT molecular complexity index is 247. The Morgan fingerprint density at radius 1 is 1.22 bits per heavy atom. The highest BCUT2D eigenvalue weighted by Gasteiger charge is 2.49. The normalized spacial score (nSPS) is 34.3. The molecular weight excluding hydrogens is 226 g/mol. The molecule has 3 unspecified atom stereocenters. The first-order valence-corrected chi connectivity index (χ1v) is 7.52. The molecule has 2 bridgehead atoms. The van der Waals surface area contributed by atoms with Crippen molar-refractivity contribution in [3.05, 3.63) is 0 Å². The summed E-state index contributed by atoms with van der Waals surface area (Å²) < 4.78 is 10.8. The lowest BCUT2D eigenvalue weighted by Crippen LogP contribution is -2.38. The first kappa shape index (κ1) is 14.3. The van der Waals surface area contributed by atoms with E-state index in [1.165, 1.54) is 38.6 Å². The van der Waals surface area contributed by atoms with Gasteiger partial charge in [0.1, 0.15) is 0 Å². The van der Waals surface area contributed by atoms with Crippen molar-refractivity contribution < 1.29 is 9.47 Å². The van der Waals surface area contributed by atoms with Gasteiger partial charge in [-0.25, -0.2) is 0 Å². The molecule has 1 N–H and O–H groups in total. The quantitative estimate of drug-likeness (QED) is 0.642. The van der Waals surface area contributed by atoms with Crippen LogP contribution in [0.15, 0.2) is 0 Å². The maximum Gasteiger partial charge on any atom is 0.0487 e. The smallest absolute Gasteiger partial charge is 0.0487 e. The Hall–Kier alpha value is -0.120. The first-order chi connectivity index (χ1) is 8.80. The summed E-state index contributed by atoms with van der Waals surface area (Å²) in [6.45, 7) is 3.76. The van der Waals surface area contributed by atoms with Crippen LogP contribution in [-0.4, -0.2) is 40.5 Å². The highest BCUT2D eigenvalue weighted by molar-refractivity contribution is 5.01. The fourth-order valence-corrected chi connectivity index (χ4v) is 4.20. The summed E-state index contributed by atoms with van der Waals surface area (Å²) >= 11 is 0. The van der Waals surface area contributed by atoms with Crippen LogP contribution >= 0.6 is 0 Å². The van der Waals surface area contributed by atoms with E-state index < -0.39 is 0 Å². The fraction of sp³-hybridized carbons (Fsp3) is 1.00. The minimum absolute atomic E-state index is 0.541. The average molecular weight is 255 g/mol. The molecule has 3 nitrogen and oxygen atoms in total. The molecule has 0 radical (unpaired) electrons. The fourth-order valence-electron chi connectivity index (χ4n) is 4.20. The van der Waals surface area contributed by atoms with Crippen molar-refractivity contribution in [2.24, 2.45) is 17.3 Å². The molecule has 0 amide bonds. The molecule has 0 spiro atoms. The van der Waals surface area contributed by atoms with Gasteiger partial charge in [-0.3, -0.25) is 0 Å². The van der Waals surface area contributed by atoms with Crippen molar-refractivity contribution in [1.82, 2.24) is 5.32 Å². The molecule has 106 valence electrons. The second kappa shape index (κ2) is 6.88. The monoisotopic (exact) mass is 255 g/mol. The third kappa shape index (κ3) is 3.25. The number of nitrogens with one attached hydrogen (secondary N) is 1. The van der Waals surface area contributed by atoms with Crippen LogP contribution in [0.1, 0.15) is 38.5 Å². The van der Waals surface area contributed by atoms with Gasteiger partial charge in [0.05, 0.1) is 0 Å². The summed E-state index contributed by atoms with van der Waals surface area (Å²) in [5, 5.41) is 3.42. The summed E-state index contributed by atoms with van der Waals surface area (Å²) in [4.78, 5) is 0. The zero-order valence-corrected chi connectivity index (χ0v) is 12.0. The van der Waals surface area contributed by atoms with Crippen LogP contribution in [0.25, 0.3) is 0 Å². The summed E-state index contributed by atoms with van der Waals surface area (Å²) in [5.74, 6) is 1.97. The first-order valence-electron chi connectivity index (χ1n) is 7.52. The number of methoxy groups -OCH3 is 1. The van der Waals surface area contributed by atoms with Gasteiger partial charge < -0.3 is 14.8 Å². The Balaban J connectivity index is 1.70. The molecule has 0 aromatic carbocycles. The Morgan fingerprint density at radius 3 is 2.72 bits per heavy atom. The highest BCUT2D eigenvalue weighted by atomic mass is 16.5. The lowest BCUT2D eigenvalue weighted by molar-refractivity contribution is 0.0542. The van der Waals surface area contributed by atoms with E-state index in [4.69, 9.17) is 9.47 Å². The van der Waals surface area contributed by atoms with Gasteiger partial charge in [0, 0.05) is 33.5 Å². The van der Waals surface area contributed by atoms with E-state index >= 15 is 0 Å². The molecule has 18 heavy (non-hydrogen) atoms. The van der Waals surface area contributed by atoms with Gasteiger partial charge in [0.25, 0.3) is 0 Å². The Morgan fingerprint density at radius 2 is 2.11 bits per heavy atom. The molecule has 2 aliphatic rings. The van der Waals surface area contributed by atoms with Gasteiger partial charge in [-0.05, 0) is 56.4 Å². The van der Waals surface area contributed by atoms with Crippen molar-refractivity contribution in [2.75, 3.05) is 40.5 Å². The maximum absolute atomic E-state index is 5.77. The van der Waals surface area contributed by atoms with Crippen LogP contribution in [0.2, 0.25) is 0 Å². The Labute approximate surface area is 112 Å². The van der Waals surface area contributed by atoms with Crippen LogP contribution in [0, 0.1) is 17.3 Å². The molecule has 3 atom stereocenters. The third-order valence-electron chi connectivity index (χ3n) is 5.01. The Kier molecular flexibility index (Phi) is 5.46. The van der Waals surface area contributed by atoms with Crippen molar-refractivity contribution in [3.63, 3.8) is 0 Å². The van der Waals surface area contributed by atoms with Gasteiger partial charge in [-0.2, -0.15) is 0 Å². The molecule has 2 rings (SSSR count). The van der Waals surface area contributed by atoms with Crippen LogP contribution in [-0.2, 0) is 9.47 Å². The number of hydrogen-bond donors (Lipinski definition) is 1. The van der Waals surface area contributed by atoms with Gasteiger partial charge in [0.15, 0.2) is 0 Å². The third-order valence-corrected chi connectivity index (χ3v) is 5.01. The van der Waals surface area contributed by atoms with Crippen molar-refractivity contribution >= 4 is 0 Å². The van der Waals surface area contributed by atoms with Gasteiger partial charge in [0.2, 0.25) is 0 Å². The zero-order valence-electron chi connectivity index (χ0n) is 12.0. The van der Waals surface area contributed by atoms with E-state index in [0.29, 0.717) is 5.41 Å².